The number of carbonyl (C=O) groups excluding carboxylic acids is 2. The number of hydrogen-bond donors (Lipinski definition) is 0. The van der Waals surface area contributed by atoms with E-state index in [1.807, 2.05) is 37.3 Å². The van der Waals surface area contributed by atoms with E-state index in [9.17, 15) is 9.59 Å². The molecular formula is C20H15N3O3S2. The average molecular weight is 409 g/mol. The maximum Gasteiger partial charge on any atom is 0.359 e. The predicted octanol–water partition coefficient (Wildman–Crippen LogP) is 4.42. The number of esters is 1. The number of benzene rings is 1. The molecule has 3 heterocycles. The van der Waals surface area contributed by atoms with E-state index in [2.05, 4.69) is 15.0 Å². The number of thiophene rings is 1. The zero-order valence-corrected chi connectivity index (χ0v) is 16.5. The predicted molar refractivity (Wildman–Crippen MR) is 109 cm³/mol. The number of ketones is 1. The lowest BCUT2D eigenvalue weighted by Crippen LogP contribution is -2.15. The number of thiazole rings is 1. The second kappa shape index (κ2) is 7.95. The Morgan fingerprint density at radius 1 is 1.04 bits per heavy atom. The van der Waals surface area contributed by atoms with E-state index in [4.69, 9.17) is 4.74 Å². The highest BCUT2D eigenvalue weighted by atomic mass is 32.1. The summed E-state index contributed by atoms with van der Waals surface area (Å²) in [6.45, 7) is 1.69. The van der Waals surface area contributed by atoms with Crippen molar-refractivity contribution in [3.8, 4) is 10.7 Å². The number of fused-ring (bicyclic) bond motifs is 1. The molecule has 8 heteroatoms. The molecule has 4 rings (SSSR count). The third kappa shape index (κ3) is 3.69. The molecule has 0 saturated carbocycles. The van der Waals surface area contributed by atoms with Crippen molar-refractivity contribution in [1.29, 1.82) is 0 Å². The van der Waals surface area contributed by atoms with Crippen molar-refractivity contribution in [2.75, 3.05) is 6.61 Å². The monoisotopic (exact) mass is 409 g/mol. The molecule has 0 radical (unpaired) electrons. The fraction of sp³-hybridized carbons (Fsp3) is 0.150. The topological polar surface area (TPSA) is 82.0 Å². The second-order valence-corrected chi connectivity index (χ2v) is 8.06. The molecule has 4 aromatic rings. The van der Waals surface area contributed by atoms with Gasteiger partial charge in [0.2, 0.25) is 5.78 Å². The van der Waals surface area contributed by atoms with E-state index >= 15 is 0 Å². The van der Waals surface area contributed by atoms with Crippen LogP contribution < -0.4 is 0 Å². The number of nitrogens with zero attached hydrogens (tertiary/aromatic N) is 3. The molecule has 0 fully saturated rings. The summed E-state index contributed by atoms with van der Waals surface area (Å²) in [6, 6.07) is 11.3. The van der Waals surface area contributed by atoms with Crippen LogP contribution in [-0.2, 0) is 11.2 Å². The lowest BCUT2D eigenvalue weighted by atomic mass is 10.3. The van der Waals surface area contributed by atoms with Crippen molar-refractivity contribution >= 4 is 44.6 Å². The van der Waals surface area contributed by atoms with E-state index in [-0.39, 0.29) is 18.1 Å². The van der Waals surface area contributed by atoms with Crippen molar-refractivity contribution in [1.82, 2.24) is 15.0 Å². The zero-order chi connectivity index (χ0) is 19.5. The minimum absolute atomic E-state index is 0.0507. The van der Waals surface area contributed by atoms with E-state index < -0.39 is 5.97 Å². The smallest absolute Gasteiger partial charge is 0.359 e. The van der Waals surface area contributed by atoms with Crippen LogP contribution >= 0.6 is 22.7 Å². The molecule has 0 spiro atoms. The SMILES string of the molecule is CCc1ccc(C(=O)COC(=O)c2nccnc2-c2nc3ccccc3s2)s1. The molecule has 0 bridgehead atoms. The molecule has 3 aromatic heterocycles. The van der Waals surface area contributed by atoms with Crippen LogP contribution in [0.15, 0.2) is 48.8 Å². The first kappa shape index (κ1) is 18.4. The van der Waals surface area contributed by atoms with Gasteiger partial charge >= 0.3 is 5.97 Å². The molecule has 0 aliphatic heterocycles. The maximum atomic E-state index is 12.6. The summed E-state index contributed by atoms with van der Waals surface area (Å²) in [5, 5.41) is 0.582. The van der Waals surface area contributed by atoms with Gasteiger partial charge in [0.05, 0.1) is 15.1 Å². The number of ether oxygens (including phenoxy) is 1. The summed E-state index contributed by atoms with van der Waals surface area (Å²) in [4.78, 5) is 39.4. The summed E-state index contributed by atoms with van der Waals surface area (Å²) in [5.41, 5.74) is 1.23. The molecule has 1 aromatic carbocycles. The Morgan fingerprint density at radius 2 is 1.86 bits per heavy atom. The fourth-order valence-corrected chi connectivity index (χ4v) is 4.44. The standard InChI is InChI=1S/C20H15N3O3S2/c1-2-12-7-8-16(27-12)14(24)11-26-20(25)18-17(21-9-10-22-18)19-23-13-5-3-4-6-15(13)28-19/h3-10H,2,11H2,1H3. The largest absolute Gasteiger partial charge is 0.452 e. The van der Waals surface area contributed by atoms with E-state index in [0.717, 1.165) is 21.5 Å². The van der Waals surface area contributed by atoms with Gasteiger partial charge in [-0.1, -0.05) is 19.1 Å². The Morgan fingerprint density at radius 3 is 2.64 bits per heavy atom. The minimum Gasteiger partial charge on any atom is -0.452 e. The number of carbonyl (C=O) groups is 2. The maximum absolute atomic E-state index is 12.6. The van der Waals surface area contributed by atoms with Crippen molar-refractivity contribution in [3.63, 3.8) is 0 Å². The van der Waals surface area contributed by atoms with Gasteiger partial charge < -0.3 is 4.74 Å². The Balaban J connectivity index is 1.54. The van der Waals surface area contributed by atoms with Gasteiger partial charge in [-0.25, -0.2) is 19.7 Å². The van der Waals surface area contributed by atoms with Crippen LogP contribution in [0.3, 0.4) is 0 Å². The first-order valence-corrected chi connectivity index (χ1v) is 10.2. The highest BCUT2D eigenvalue weighted by Gasteiger charge is 2.21. The van der Waals surface area contributed by atoms with Crippen molar-refractivity contribution in [2.45, 2.75) is 13.3 Å². The number of Topliss-reactive ketones (excluding diaryl/α,β-unsaturated/α-hetero) is 1. The van der Waals surface area contributed by atoms with Crippen LogP contribution in [0.25, 0.3) is 20.9 Å². The second-order valence-electron chi connectivity index (χ2n) is 5.86. The van der Waals surface area contributed by atoms with Crippen LogP contribution in [0.2, 0.25) is 0 Å². The van der Waals surface area contributed by atoms with Crippen LogP contribution in [-0.4, -0.2) is 33.3 Å². The van der Waals surface area contributed by atoms with Crippen molar-refractivity contribution < 1.29 is 14.3 Å². The Hall–Kier alpha value is -2.97. The average Bonchev–Trinajstić information content (AvgIpc) is 3.38. The summed E-state index contributed by atoms with van der Waals surface area (Å²) >= 11 is 2.84. The molecule has 0 aliphatic carbocycles. The molecule has 28 heavy (non-hydrogen) atoms. The number of hydrogen-bond acceptors (Lipinski definition) is 8. The number of rotatable bonds is 6. The van der Waals surface area contributed by atoms with Gasteiger partial charge in [-0.2, -0.15) is 0 Å². The number of aromatic nitrogens is 3. The van der Waals surface area contributed by atoms with Crippen molar-refractivity contribution in [3.05, 3.63) is 64.2 Å². The highest BCUT2D eigenvalue weighted by molar-refractivity contribution is 7.21. The number of para-hydroxylation sites is 1. The minimum atomic E-state index is -0.692. The van der Waals surface area contributed by atoms with Gasteiger partial charge in [0.15, 0.2) is 12.3 Å². The van der Waals surface area contributed by atoms with Crippen LogP contribution in [0, 0.1) is 0 Å². The van der Waals surface area contributed by atoms with E-state index in [1.54, 1.807) is 6.07 Å². The lowest BCUT2D eigenvalue weighted by molar-refractivity contribution is 0.0470. The molecule has 0 atom stereocenters. The summed E-state index contributed by atoms with van der Waals surface area (Å²) < 4.78 is 6.20. The van der Waals surface area contributed by atoms with E-state index in [1.165, 1.54) is 35.1 Å². The summed E-state index contributed by atoms with van der Waals surface area (Å²) in [7, 11) is 0. The van der Waals surface area contributed by atoms with Gasteiger partial charge in [-0.15, -0.1) is 22.7 Å². The third-order valence-electron chi connectivity index (χ3n) is 4.01. The highest BCUT2D eigenvalue weighted by Crippen LogP contribution is 2.30. The van der Waals surface area contributed by atoms with Gasteiger partial charge in [-0.3, -0.25) is 4.79 Å². The fourth-order valence-electron chi connectivity index (χ4n) is 2.61. The molecule has 0 unspecified atom stereocenters. The summed E-state index contributed by atoms with van der Waals surface area (Å²) in [6.07, 6.45) is 3.78. The quantitative estimate of drug-likeness (QED) is 0.346. The van der Waals surface area contributed by atoms with Crippen molar-refractivity contribution in [2.24, 2.45) is 0 Å². The third-order valence-corrected chi connectivity index (χ3v) is 6.32. The van der Waals surface area contributed by atoms with Gasteiger partial charge in [0.1, 0.15) is 10.7 Å². The molecule has 6 nitrogen and oxygen atoms in total. The Bertz CT molecular complexity index is 1130. The first-order chi connectivity index (χ1) is 13.7. The Kier molecular flexibility index (Phi) is 5.23. The first-order valence-electron chi connectivity index (χ1n) is 8.61. The Labute approximate surface area is 168 Å². The van der Waals surface area contributed by atoms with Crippen LogP contribution in [0.5, 0.6) is 0 Å². The molecule has 0 amide bonds. The molecule has 0 aliphatic rings. The molecule has 140 valence electrons. The lowest BCUT2D eigenvalue weighted by Gasteiger charge is -2.05. The molecular weight excluding hydrogens is 394 g/mol. The molecule has 0 N–H and O–H groups in total. The van der Waals surface area contributed by atoms with Crippen LogP contribution in [0.4, 0.5) is 0 Å². The van der Waals surface area contributed by atoms with Crippen LogP contribution in [0.1, 0.15) is 32.0 Å². The zero-order valence-electron chi connectivity index (χ0n) is 14.9. The number of aryl methyl sites for hydroxylation is 1. The summed E-state index contributed by atoms with van der Waals surface area (Å²) in [5.74, 6) is -0.925. The van der Waals surface area contributed by atoms with E-state index in [0.29, 0.717) is 15.6 Å². The van der Waals surface area contributed by atoms with Gasteiger partial charge in [0.25, 0.3) is 0 Å². The molecule has 0 saturated heterocycles. The normalized spacial score (nSPS) is 10.9. The van der Waals surface area contributed by atoms with Gasteiger partial charge in [0, 0.05) is 17.3 Å². The van der Waals surface area contributed by atoms with Gasteiger partial charge in [-0.05, 0) is 30.7 Å².